The lowest BCUT2D eigenvalue weighted by Crippen LogP contribution is -2.32. The van der Waals surface area contributed by atoms with E-state index in [-0.39, 0.29) is 24.3 Å². The SMILES string of the molecule is O=C1S/C(=C\c2ccc(OCc3ccc4ccccc4c3)c(Br)c2)C(=O)N1CCOc1ccccc1. The molecule has 1 saturated heterocycles. The molecule has 2 amide bonds. The Balaban J connectivity index is 1.21. The molecule has 1 aliphatic heterocycles. The van der Waals surface area contributed by atoms with E-state index in [0.29, 0.717) is 23.0 Å². The lowest BCUT2D eigenvalue weighted by Gasteiger charge is -2.13. The Bertz CT molecular complexity index is 1450. The summed E-state index contributed by atoms with van der Waals surface area (Å²) < 4.78 is 12.4. The summed E-state index contributed by atoms with van der Waals surface area (Å²) >= 11 is 4.50. The van der Waals surface area contributed by atoms with Crippen molar-refractivity contribution >= 4 is 55.7 Å². The third-order valence-corrected chi connectivity index (χ3v) is 7.19. The van der Waals surface area contributed by atoms with Crippen LogP contribution in [0, 0.1) is 0 Å². The fraction of sp³-hybridized carbons (Fsp3) is 0.103. The maximum absolute atomic E-state index is 12.8. The van der Waals surface area contributed by atoms with E-state index >= 15 is 0 Å². The zero-order chi connectivity index (χ0) is 24.9. The van der Waals surface area contributed by atoms with Crippen molar-refractivity contribution in [2.24, 2.45) is 0 Å². The number of thioether (sulfide) groups is 1. The van der Waals surface area contributed by atoms with Gasteiger partial charge < -0.3 is 9.47 Å². The number of para-hydroxylation sites is 1. The van der Waals surface area contributed by atoms with Gasteiger partial charge >= 0.3 is 0 Å². The van der Waals surface area contributed by atoms with Gasteiger partial charge in [-0.25, -0.2) is 0 Å². The molecule has 1 aliphatic rings. The molecule has 0 atom stereocenters. The van der Waals surface area contributed by atoms with E-state index in [1.165, 1.54) is 15.7 Å². The Kier molecular flexibility index (Phi) is 7.39. The van der Waals surface area contributed by atoms with E-state index in [9.17, 15) is 9.59 Å². The van der Waals surface area contributed by atoms with Crippen molar-refractivity contribution in [3.05, 3.63) is 112 Å². The maximum Gasteiger partial charge on any atom is 0.293 e. The molecule has 7 heteroatoms. The van der Waals surface area contributed by atoms with Gasteiger partial charge in [0.2, 0.25) is 0 Å². The number of carbonyl (C=O) groups is 2. The minimum Gasteiger partial charge on any atom is -0.492 e. The smallest absolute Gasteiger partial charge is 0.293 e. The van der Waals surface area contributed by atoms with Gasteiger partial charge in [0.1, 0.15) is 24.7 Å². The first-order valence-electron chi connectivity index (χ1n) is 11.4. The Morgan fingerprint density at radius 3 is 2.42 bits per heavy atom. The van der Waals surface area contributed by atoms with Gasteiger partial charge in [-0.2, -0.15) is 0 Å². The third kappa shape index (κ3) is 5.64. The first kappa shape index (κ1) is 24.2. The van der Waals surface area contributed by atoms with Gasteiger partial charge in [0, 0.05) is 0 Å². The summed E-state index contributed by atoms with van der Waals surface area (Å²) in [6.45, 7) is 0.874. The van der Waals surface area contributed by atoms with Crippen LogP contribution in [0.25, 0.3) is 16.8 Å². The molecule has 5 rings (SSSR count). The van der Waals surface area contributed by atoms with E-state index in [0.717, 1.165) is 27.4 Å². The van der Waals surface area contributed by atoms with Crippen molar-refractivity contribution < 1.29 is 19.1 Å². The molecule has 0 saturated carbocycles. The highest BCUT2D eigenvalue weighted by Gasteiger charge is 2.34. The molecular weight excluding hydrogens is 538 g/mol. The van der Waals surface area contributed by atoms with E-state index < -0.39 is 0 Å². The van der Waals surface area contributed by atoms with Gasteiger partial charge in [0.15, 0.2) is 0 Å². The van der Waals surface area contributed by atoms with Crippen LogP contribution in [0.2, 0.25) is 0 Å². The number of imide groups is 1. The first-order chi connectivity index (χ1) is 17.6. The zero-order valence-electron chi connectivity index (χ0n) is 19.2. The van der Waals surface area contributed by atoms with Crippen molar-refractivity contribution in [2.45, 2.75) is 6.61 Å². The number of hydrogen-bond donors (Lipinski definition) is 0. The summed E-state index contributed by atoms with van der Waals surface area (Å²) in [5, 5.41) is 2.07. The number of nitrogens with zero attached hydrogens (tertiary/aromatic N) is 1. The van der Waals surface area contributed by atoms with E-state index in [1.807, 2.05) is 60.7 Å². The number of hydrogen-bond acceptors (Lipinski definition) is 5. The standard InChI is InChI=1S/C29H22BrNO4S/c30-25-17-20(11-13-26(25)35-19-21-10-12-22-6-4-5-7-23(22)16-21)18-27-28(32)31(29(33)36-27)14-15-34-24-8-2-1-3-9-24/h1-13,16-18H,14-15,19H2/b27-18-. The number of rotatable bonds is 8. The topological polar surface area (TPSA) is 55.8 Å². The van der Waals surface area contributed by atoms with Crippen LogP contribution in [0.4, 0.5) is 4.79 Å². The van der Waals surface area contributed by atoms with Crippen LogP contribution in [0.5, 0.6) is 11.5 Å². The predicted octanol–water partition coefficient (Wildman–Crippen LogP) is 7.30. The summed E-state index contributed by atoms with van der Waals surface area (Å²) in [6, 6.07) is 29.4. The fourth-order valence-electron chi connectivity index (χ4n) is 3.83. The van der Waals surface area contributed by atoms with Gasteiger partial charge in [0.25, 0.3) is 11.1 Å². The Labute approximate surface area is 221 Å². The Morgan fingerprint density at radius 2 is 1.61 bits per heavy atom. The van der Waals surface area contributed by atoms with Crippen LogP contribution in [0.3, 0.4) is 0 Å². The van der Waals surface area contributed by atoms with Crippen LogP contribution >= 0.6 is 27.7 Å². The minimum atomic E-state index is -0.311. The molecule has 1 heterocycles. The van der Waals surface area contributed by atoms with E-state index in [1.54, 1.807) is 6.08 Å². The van der Waals surface area contributed by atoms with E-state index in [4.69, 9.17) is 9.47 Å². The van der Waals surface area contributed by atoms with Crippen molar-refractivity contribution in [3.63, 3.8) is 0 Å². The van der Waals surface area contributed by atoms with Crippen molar-refractivity contribution in [1.82, 2.24) is 4.90 Å². The van der Waals surface area contributed by atoms with E-state index in [2.05, 4.69) is 46.3 Å². The zero-order valence-corrected chi connectivity index (χ0v) is 21.6. The Morgan fingerprint density at radius 1 is 0.833 bits per heavy atom. The molecule has 0 aromatic heterocycles. The molecule has 4 aromatic rings. The highest BCUT2D eigenvalue weighted by molar-refractivity contribution is 9.10. The molecule has 5 nitrogen and oxygen atoms in total. The molecule has 0 bridgehead atoms. The second kappa shape index (κ2) is 11.0. The molecule has 0 N–H and O–H groups in total. The molecule has 4 aromatic carbocycles. The summed E-state index contributed by atoms with van der Waals surface area (Å²) in [5.41, 5.74) is 1.88. The third-order valence-electron chi connectivity index (χ3n) is 5.66. The average Bonchev–Trinajstić information content (AvgIpc) is 3.16. The van der Waals surface area contributed by atoms with Crippen LogP contribution in [-0.2, 0) is 11.4 Å². The molecule has 0 unspecified atom stereocenters. The molecule has 0 radical (unpaired) electrons. The van der Waals surface area contributed by atoms with Crippen LogP contribution in [-0.4, -0.2) is 29.2 Å². The summed E-state index contributed by atoms with van der Waals surface area (Å²) in [7, 11) is 0. The summed E-state index contributed by atoms with van der Waals surface area (Å²) in [6.07, 6.45) is 1.72. The largest absolute Gasteiger partial charge is 0.492 e. The lowest BCUT2D eigenvalue weighted by atomic mass is 10.1. The molecule has 0 aliphatic carbocycles. The van der Waals surface area contributed by atoms with Gasteiger partial charge in [-0.05, 0) is 86.0 Å². The lowest BCUT2D eigenvalue weighted by molar-refractivity contribution is -0.123. The number of amides is 2. The van der Waals surface area contributed by atoms with Crippen molar-refractivity contribution in [3.8, 4) is 11.5 Å². The van der Waals surface area contributed by atoms with Gasteiger partial charge in [-0.1, -0.05) is 60.7 Å². The maximum atomic E-state index is 12.8. The molecule has 0 spiro atoms. The molecule has 180 valence electrons. The number of halogens is 1. The normalized spacial score (nSPS) is 14.6. The van der Waals surface area contributed by atoms with Gasteiger partial charge in [-0.3, -0.25) is 14.5 Å². The second-order valence-electron chi connectivity index (χ2n) is 8.15. The molecule has 36 heavy (non-hydrogen) atoms. The number of fused-ring (bicyclic) bond motifs is 1. The quantitative estimate of drug-likeness (QED) is 0.212. The highest BCUT2D eigenvalue weighted by atomic mass is 79.9. The first-order valence-corrected chi connectivity index (χ1v) is 13.0. The highest BCUT2D eigenvalue weighted by Crippen LogP contribution is 2.34. The van der Waals surface area contributed by atoms with Crippen LogP contribution in [0.15, 0.2) is 100 Å². The van der Waals surface area contributed by atoms with Gasteiger partial charge in [-0.15, -0.1) is 0 Å². The van der Waals surface area contributed by atoms with Gasteiger partial charge in [0.05, 0.1) is 15.9 Å². The number of carbonyl (C=O) groups excluding carboxylic acids is 2. The molecule has 1 fully saturated rings. The van der Waals surface area contributed by atoms with Crippen LogP contribution < -0.4 is 9.47 Å². The summed E-state index contributed by atoms with van der Waals surface area (Å²) in [5.74, 6) is 1.09. The average molecular weight is 560 g/mol. The number of benzene rings is 4. The number of ether oxygens (including phenoxy) is 2. The monoisotopic (exact) mass is 559 g/mol. The van der Waals surface area contributed by atoms with Crippen molar-refractivity contribution in [2.75, 3.05) is 13.2 Å². The fourth-order valence-corrected chi connectivity index (χ4v) is 5.21. The second-order valence-corrected chi connectivity index (χ2v) is 10.0. The Hall–Kier alpha value is -3.55. The minimum absolute atomic E-state index is 0.197. The van der Waals surface area contributed by atoms with Crippen molar-refractivity contribution in [1.29, 1.82) is 0 Å². The van der Waals surface area contributed by atoms with Crippen LogP contribution in [0.1, 0.15) is 11.1 Å². The summed E-state index contributed by atoms with van der Waals surface area (Å²) in [4.78, 5) is 26.8. The molecular formula is C29H22BrNO4S. The predicted molar refractivity (Wildman–Crippen MR) is 147 cm³/mol.